The number of rotatable bonds is 4. The molecule has 2 unspecified atom stereocenters. The van der Waals surface area contributed by atoms with E-state index in [-0.39, 0.29) is 5.60 Å². The average molecular weight is 214 g/mol. The highest BCUT2D eigenvalue weighted by molar-refractivity contribution is 4.86. The van der Waals surface area contributed by atoms with Gasteiger partial charge in [0, 0.05) is 25.7 Å². The molecule has 2 atom stereocenters. The van der Waals surface area contributed by atoms with Crippen molar-refractivity contribution in [2.75, 3.05) is 19.6 Å². The van der Waals surface area contributed by atoms with E-state index in [0.717, 1.165) is 19.6 Å². The first-order valence-electron chi connectivity index (χ1n) is 6.10. The zero-order chi connectivity index (χ0) is 11.5. The maximum absolute atomic E-state index is 5.89. The number of morpholine rings is 1. The van der Waals surface area contributed by atoms with Crippen LogP contribution in [0.1, 0.15) is 40.5 Å². The molecule has 1 rings (SSSR count). The number of hydrogen-bond donors (Lipinski definition) is 1. The lowest BCUT2D eigenvalue weighted by Gasteiger charge is -2.45. The van der Waals surface area contributed by atoms with Crippen LogP contribution in [-0.2, 0) is 4.74 Å². The molecule has 0 aromatic heterocycles. The molecule has 90 valence electrons. The minimum absolute atomic E-state index is 0.0289. The highest BCUT2D eigenvalue weighted by Crippen LogP contribution is 2.23. The SMILES string of the molecule is CCCC(CN)N1CC(C)OC(C)(C)C1. The molecule has 0 amide bonds. The minimum Gasteiger partial charge on any atom is -0.370 e. The van der Waals surface area contributed by atoms with Gasteiger partial charge in [-0.25, -0.2) is 0 Å². The van der Waals surface area contributed by atoms with Gasteiger partial charge in [-0.3, -0.25) is 4.90 Å². The number of nitrogens with two attached hydrogens (primary N) is 1. The zero-order valence-corrected chi connectivity index (χ0v) is 10.6. The van der Waals surface area contributed by atoms with E-state index in [1.165, 1.54) is 12.8 Å². The maximum atomic E-state index is 5.89. The van der Waals surface area contributed by atoms with Crippen molar-refractivity contribution in [1.29, 1.82) is 0 Å². The van der Waals surface area contributed by atoms with Gasteiger partial charge in [-0.1, -0.05) is 13.3 Å². The van der Waals surface area contributed by atoms with Crippen LogP contribution in [0.4, 0.5) is 0 Å². The lowest BCUT2D eigenvalue weighted by molar-refractivity contribution is -0.137. The van der Waals surface area contributed by atoms with Gasteiger partial charge in [0.2, 0.25) is 0 Å². The molecule has 0 aromatic rings. The van der Waals surface area contributed by atoms with Crippen LogP contribution >= 0.6 is 0 Å². The zero-order valence-electron chi connectivity index (χ0n) is 10.6. The standard InChI is InChI=1S/C12H26N2O/c1-5-6-11(7-13)14-8-10(2)15-12(3,4)9-14/h10-11H,5-9,13H2,1-4H3. The van der Waals surface area contributed by atoms with Gasteiger partial charge in [-0.2, -0.15) is 0 Å². The Morgan fingerprint density at radius 1 is 1.53 bits per heavy atom. The monoisotopic (exact) mass is 214 g/mol. The van der Waals surface area contributed by atoms with E-state index in [1.807, 2.05) is 0 Å². The quantitative estimate of drug-likeness (QED) is 0.773. The van der Waals surface area contributed by atoms with Gasteiger partial charge in [0.1, 0.15) is 0 Å². The highest BCUT2D eigenvalue weighted by Gasteiger charge is 2.33. The molecular formula is C12H26N2O. The fraction of sp³-hybridized carbons (Fsp3) is 1.00. The van der Waals surface area contributed by atoms with Gasteiger partial charge >= 0.3 is 0 Å². The number of nitrogens with zero attached hydrogens (tertiary/aromatic N) is 1. The maximum Gasteiger partial charge on any atom is 0.0757 e. The minimum atomic E-state index is -0.0289. The summed E-state index contributed by atoms with van der Waals surface area (Å²) in [7, 11) is 0. The summed E-state index contributed by atoms with van der Waals surface area (Å²) in [6.45, 7) is 11.5. The van der Waals surface area contributed by atoms with Crippen molar-refractivity contribution in [3.63, 3.8) is 0 Å². The molecule has 0 saturated carbocycles. The summed E-state index contributed by atoms with van der Waals surface area (Å²) in [5, 5.41) is 0. The highest BCUT2D eigenvalue weighted by atomic mass is 16.5. The second kappa shape index (κ2) is 5.28. The normalized spacial score (nSPS) is 29.0. The summed E-state index contributed by atoms with van der Waals surface area (Å²) in [6.07, 6.45) is 2.72. The van der Waals surface area contributed by atoms with Crippen LogP contribution in [0.3, 0.4) is 0 Å². The Bertz CT molecular complexity index is 194. The lowest BCUT2D eigenvalue weighted by Crippen LogP contribution is -2.56. The van der Waals surface area contributed by atoms with Crippen LogP contribution < -0.4 is 5.73 Å². The Morgan fingerprint density at radius 3 is 2.67 bits per heavy atom. The summed E-state index contributed by atoms with van der Waals surface area (Å²) in [4.78, 5) is 2.50. The molecule has 0 bridgehead atoms. The van der Waals surface area contributed by atoms with Crippen LogP contribution in [-0.4, -0.2) is 42.3 Å². The van der Waals surface area contributed by atoms with Crippen molar-refractivity contribution in [1.82, 2.24) is 4.90 Å². The predicted molar refractivity (Wildman–Crippen MR) is 63.9 cm³/mol. The topological polar surface area (TPSA) is 38.5 Å². The molecule has 3 nitrogen and oxygen atoms in total. The molecule has 1 aliphatic rings. The molecule has 0 spiro atoms. The van der Waals surface area contributed by atoms with Crippen LogP contribution in [0.25, 0.3) is 0 Å². The van der Waals surface area contributed by atoms with Gasteiger partial charge in [-0.05, 0) is 27.2 Å². The van der Waals surface area contributed by atoms with Crippen molar-refractivity contribution in [2.45, 2.75) is 58.3 Å². The van der Waals surface area contributed by atoms with Crippen molar-refractivity contribution >= 4 is 0 Å². The van der Waals surface area contributed by atoms with Crippen molar-refractivity contribution in [3.05, 3.63) is 0 Å². The molecule has 1 saturated heterocycles. The van der Waals surface area contributed by atoms with E-state index in [9.17, 15) is 0 Å². The first-order chi connectivity index (χ1) is 6.98. The van der Waals surface area contributed by atoms with Crippen LogP contribution in [0, 0.1) is 0 Å². The Kier molecular flexibility index (Phi) is 4.56. The lowest BCUT2D eigenvalue weighted by atomic mass is 10.0. The first-order valence-corrected chi connectivity index (χ1v) is 6.10. The molecule has 1 aliphatic heterocycles. The van der Waals surface area contributed by atoms with E-state index < -0.39 is 0 Å². The molecule has 0 aromatic carbocycles. The smallest absolute Gasteiger partial charge is 0.0757 e. The summed E-state index contributed by atoms with van der Waals surface area (Å²) >= 11 is 0. The second-order valence-corrected chi connectivity index (χ2v) is 5.30. The summed E-state index contributed by atoms with van der Waals surface area (Å²) in [5.41, 5.74) is 5.81. The molecule has 3 heteroatoms. The van der Waals surface area contributed by atoms with Crippen molar-refractivity contribution in [2.24, 2.45) is 5.73 Å². The van der Waals surface area contributed by atoms with Gasteiger partial charge in [0.25, 0.3) is 0 Å². The third-order valence-electron chi connectivity index (χ3n) is 3.01. The summed E-state index contributed by atoms with van der Waals surface area (Å²) in [6, 6.07) is 0.528. The Labute approximate surface area is 94.0 Å². The van der Waals surface area contributed by atoms with Crippen molar-refractivity contribution in [3.8, 4) is 0 Å². The number of hydrogen-bond acceptors (Lipinski definition) is 3. The van der Waals surface area contributed by atoms with E-state index in [0.29, 0.717) is 12.1 Å². The fourth-order valence-electron chi connectivity index (χ4n) is 2.56. The van der Waals surface area contributed by atoms with E-state index in [1.54, 1.807) is 0 Å². The van der Waals surface area contributed by atoms with Gasteiger partial charge < -0.3 is 10.5 Å². The Morgan fingerprint density at radius 2 is 2.20 bits per heavy atom. The number of ether oxygens (including phenoxy) is 1. The molecule has 2 N–H and O–H groups in total. The fourth-order valence-corrected chi connectivity index (χ4v) is 2.56. The Balaban J connectivity index is 2.59. The van der Waals surface area contributed by atoms with Gasteiger partial charge in [-0.15, -0.1) is 0 Å². The third kappa shape index (κ3) is 3.74. The summed E-state index contributed by atoms with van der Waals surface area (Å²) in [5.74, 6) is 0. The molecule has 15 heavy (non-hydrogen) atoms. The van der Waals surface area contributed by atoms with Crippen LogP contribution in [0.2, 0.25) is 0 Å². The molecule has 0 radical (unpaired) electrons. The first kappa shape index (κ1) is 12.9. The third-order valence-corrected chi connectivity index (χ3v) is 3.01. The van der Waals surface area contributed by atoms with Crippen LogP contribution in [0.5, 0.6) is 0 Å². The Hall–Kier alpha value is -0.120. The van der Waals surface area contributed by atoms with Crippen LogP contribution in [0.15, 0.2) is 0 Å². The summed E-state index contributed by atoms with van der Waals surface area (Å²) < 4.78 is 5.89. The van der Waals surface area contributed by atoms with Gasteiger partial charge in [0.05, 0.1) is 11.7 Å². The van der Waals surface area contributed by atoms with E-state index in [4.69, 9.17) is 10.5 Å². The van der Waals surface area contributed by atoms with E-state index >= 15 is 0 Å². The van der Waals surface area contributed by atoms with Gasteiger partial charge in [0.15, 0.2) is 0 Å². The molecule has 0 aliphatic carbocycles. The average Bonchev–Trinajstić information content (AvgIpc) is 2.10. The molecule has 1 heterocycles. The largest absolute Gasteiger partial charge is 0.370 e. The predicted octanol–water partition coefficient (Wildman–Crippen LogP) is 1.61. The molecule has 1 fully saturated rings. The second-order valence-electron chi connectivity index (χ2n) is 5.30. The molecular weight excluding hydrogens is 188 g/mol. The van der Waals surface area contributed by atoms with E-state index in [2.05, 4.69) is 32.6 Å². The van der Waals surface area contributed by atoms with Crippen molar-refractivity contribution < 1.29 is 4.74 Å².